The Labute approximate surface area is 94.0 Å². The predicted octanol–water partition coefficient (Wildman–Crippen LogP) is 1.58. The third kappa shape index (κ3) is 2.77. The topological polar surface area (TPSA) is 58.0 Å². The van der Waals surface area contributed by atoms with E-state index in [2.05, 4.69) is 15.3 Å². The fraction of sp³-hybridized carbons (Fsp3) is 0.167. The van der Waals surface area contributed by atoms with Crippen molar-refractivity contribution < 1.29 is 5.11 Å². The third-order valence-electron chi connectivity index (χ3n) is 2.24. The van der Waals surface area contributed by atoms with Crippen LogP contribution < -0.4 is 5.32 Å². The number of aliphatic hydroxyl groups excluding tert-OH is 1. The van der Waals surface area contributed by atoms with Crippen molar-refractivity contribution in [1.29, 1.82) is 0 Å². The standard InChI is InChI=1S/C12H13N3O/c16-9-11-3-1-10(2-4-11)7-15-12-8-13-5-6-14-12/h1-6,8,16H,7,9H2,(H,14,15). The van der Waals surface area contributed by atoms with Crippen molar-refractivity contribution in [3.63, 3.8) is 0 Å². The molecule has 0 fully saturated rings. The monoisotopic (exact) mass is 215 g/mol. The Bertz CT molecular complexity index is 428. The highest BCUT2D eigenvalue weighted by molar-refractivity contribution is 5.32. The molecule has 16 heavy (non-hydrogen) atoms. The average Bonchev–Trinajstić information content (AvgIpc) is 2.38. The number of nitrogens with zero attached hydrogens (tertiary/aromatic N) is 2. The van der Waals surface area contributed by atoms with Gasteiger partial charge in [0.2, 0.25) is 0 Å². The second-order valence-electron chi connectivity index (χ2n) is 3.42. The van der Waals surface area contributed by atoms with E-state index in [1.54, 1.807) is 18.6 Å². The van der Waals surface area contributed by atoms with Gasteiger partial charge >= 0.3 is 0 Å². The maximum atomic E-state index is 8.90. The van der Waals surface area contributed by atoms with Crippen LogP contribution in [0.4, 0.5) is 5.82 Å². The normalized spacial score (nSPS) is 10.1. The number of hydrogen-bond donors (Lipinski definition) is 2. The van der Waals surface area contributed by atoms with Gasteiger partial charge in [-0.05, 0) is 11.1 Å². The molecule has 0 saturated carbocycles. The molecule has 0 atom stereocenters. The Balaban J connectivity index is 1.94. The molecule has 4 nitrogen and oxygen atoms in total. The number of hydrogen-bond acceptors (Lipinski definition) is 4. The lowest BCUT2D eigenvalue weighted by Gasteiger charge is -2.05. The fourth-order valence-corrected chi connectivity index (χ4v) is 1.35. The van der Waals surface area contributed by atoms with Crippen molar-refractivity contribution in [2.75, 3.05) is 5.32 Å². The van der Waals surface area contributed by atoms with Gasteiger partial charge in [-0.3, -0.25) is 4.98 Å². The van der Waals surface area contributed by atoms with Gasteiger partial charge in [0.25, 0.3) is 0 Å². The van der Waals surface area contributed by atoms with Gasteiger partial charge in [-0.15, -0.1) is 0 Å². The first-order valence-electron chi connectivity index (χ1n) is 5.07. The highest BCUT2D eigenvalue weighted by atomic mass is 16.3. The van der Waals surface area contributed by atoms with Gasteiger partial charge in [-0.25, -0.2) is 4.98 Å². The third-order valence-corrected chi connectivity index (χ3v) is 2.24. The lowest BCUT2D eigenvalue weighted by Crippen LogP contribution is -2.01. The quantitative estimate of drug-likeness (QED) is 0.813. The maximum Gasteiger partial charge on any atom is 0.144 e. The van der Waals surface area contributed by atoms with E-state index in [1.165, 1.54) is 0 Å². The van der Waals surface area contributed by atoms with Crippen LogP contribution in [-0.4, -0.2) is 15.1 Å². The van der Waals surface area contributed by atoms with Crippen LogP contribution in [0.3, 0.4) is 0 Å². The van der Waals surface area contributed by atoms with Gasteiger partial charge in [-0.2, -0.15) is 0 Å². The molecule has 1 aromatic carbocycles. The Morgan fingerprint density at radius 1 is 1.06 bits per heavy atom. The van der Waals surface area contributed by atoms with E-state index in [1.807, 2.05) is 24.3 Å². The molecular formula is C12H13N3O. The van der Waals surface area contributed by atoms with Gasteiger partial charge in [0.05, 0.1) is 12.8 Å². The van der Waals surface area contributed by atoms with Crippen LogP contribution in [0, 0.1) is 0 Å². The van der Waals surface area contributed by atoms with Crippen LogP contribution in [0.25, 0.3) is 0 Å². The molecule has 1 aromatic heterocycles. The zero-order chi connectivity index (χ0) is 11.2. The average molecular weight is 215 g/mol. The zero-order valence-electron chi connectivity index (χ0n) is 8.80. The smallest absolute Gasteiger partial charge is 0.144 e. The summed E-state index contributed by atoms with van der Waals surface area (Å²) in [6, 6.07) is 7.78. The van der Waals surface area contributed by atoms with Crippen LogP contribution in [0.2, 0.25) is 0 Å². The molecule has 0 aliphatic heterocycles. The molecule has 4 heteroatoms. The number of aliphatic hydroxyl groups is 1. The number of anilines is 1. The minimum Gasteiger partial charge on any atom is -0.392 e. The molecule has 2 rings (SSSR count). The molecule has 0 saturated heterocycles. The molecule has 0 spiro atoms. The Hall–Kier alpha value is -1.94. The highest BCUT2D eigenvalue weighted by Gasteiger charge is 1.95. The van der Waals surface area contributed by atoms with Crippen molar-refractivity contribution in [2.45, 2.75) is 13.2 Å². The van der Waals surface area contributed by atoms with E-state index in [0.29, 0.717) is 6.54 Å². The van der Waals surface area contributed by atoms with Crippen molar-refractivity contribution in [2.24, 2.45) is 0 Å². The summed E-state index contributed by atoms with van der Waals surface area (Å²) >= 11 is 0. The summed E-state index contributed by atoms with van der Waals surface area (Å²) in [6.45, 7) is 0.780. The molecule has 0 aliphatic carbocycles. The molecule has 0 unspecified atom stereocenters. The van der Waals surface area contributed by atoms with E-state index in [9.17, 15) is 0 Å². The lowest BCUT2D eigenvalue weighted by molar-refractivity contribution is 0.282. The first kappa shape index (κ1) is 10.6. The summed E-state index contributed by atoms with van der Waals surface area (Å²) in [5, 5.41) is 12.1. The number of rotatable bonds is 4. The molecule has 0 amide bonds. The van der Waals surface area contributed by atoms with E-state index in [-0.39, 0.29) is 6.61 Å². The lowest BCUT2D eigenvalue weighted by atomic mass is 10.1. The molecule has 0 aliphatic rings. The molecule has 0 radical (unpaired) electrons. The van der Waals surface area contributed by atoms with E-state index >= 15 is 0 Å². The molecule has 1 heterocycles. The Morgan fingerprint density at radius 2 is 1.81 bits per heavy atom. The Morgan fingerprint density at radius 3 is 2.44 bits per heavy atom. The second kappa shape index (κ2) is 5.23. The summed E-state index contributed by atoms with van der Waals surface area (Å²) in [6.07, 6.45) is 4.97. The van der Waals surface area contributed by atoms with Crippen molar-refractivity contribution in [1.82, 2.24) is 9.97 Å². The predicted molar refractivity (Wildman–Crippen MR) is 61.7 cm³/mol. The second-order valence-corrected chi connectivity index (χ2v) is 3.42. The van der Waals surface area contributed by atoms with Gasteiger partial charge in [0.15, 0.2) is 0 Å². The van der Waals surface area contributed by atoms with Gasteiger partial charge in [0, 0.05) is 18.9 Å². The molecular weight excluding hydrogens is 202 g/mol. The maximum absolute atomic E-state index is 8.90. The van der Waals surface area contributed by atoms with Gasteiger partial charge in [-0.1, -0.05) is 24.3 Å². The first-order chi connectivity index (χ1) is 7.88. The fourth-order valence-electron chi connectivity index (χ4n) is 1.35. The largest absolute Gasteiger partial charge is 0.392 e. The van der Waals surface area contributed by atoms with Crippen LogP contribution in [0.5, 0.6) is 0 Å². The zero-order valence-corrected chi connectivity index (χ0v) is 8.80. The summed E-state index contributed by atoms with van der Waals surface area (Å²) in [5.74, 6) is 0.758. The summed E-state index contributed by atoms with van der Waals surface area (Å²) < 4.78 is 0. The van der Waals surface area contributed by atoms with Crippen LogP contribution >= 0.6 is 0 Å². The number of benzene rings is 1. The first-order valence-corrected chi connectivity index (χ1v) is 5.07. The summed E-state index contributed by atoms with van der Waals surface area (Å²) in [7, 11) is 0. The van der Waals surface area contributed by atoms with Crippen LogP contribution in [0.15, 0.2) is 42.9 Å². The number of nitrogens with one attached hydrogen (secondary N) is 1. The molecule has 2 aromatic rings. The van der Waals surface area contributed by atoms with Crippen LogP contribution in [0.1, 0.15) is 11.1 Å². The van der Waals surface area contributed by atoms with Crippen molar-refractivity contribution >= 4 is 5.82 Å². The van der Waals surface area contributed by atoms with Gasteiger partial charge < -0.3 is 10.4 Å². The number of aromatic nitrogens is 2. The highest BCUT2D eigenvalue weighted by Crippen LogP contribution is 2.06. The van der Waals surface area contributed by atoms with Crippen molar-refractivity contribution in [3.8, 4) is 0 Å². The molecule has 0 bridgehead atoms. The summed E-state index contributed by atoms with van der Waals surface area (Å²) in [4.78, 5) is 8.08. The SMILES string of the molecule is OCc1ccc(CNc2cnccn2)cc1. The Kier molecular flexibility index (Phi) is 3.46. The van der Waals surface area contributed by atoms with Crippen LogP contribution in [-0.2, 0) is 13.2 Å². The minimum absolute atomic E-state index is 0.0812. The van der Waals surface area contributed by atoms with E-state index < -0.39 is 0 Å². The molecule has 82 valence electrons. The van der Waals surface area contributed by atoms with E-state index in [4.69, 9.17) is 5.11 Å². The minimum atomic E-state index is 0.0812. The molecule has 2 N–H and O–H groups in total. The summed E-state index contributed by atoms with van der Waals surface area (Å²) in [5.41, 5.74) is 2.06. The van der Waals surface area contributed by atoms with Crippen molar-refractivity contribution in [3.05, 3.63) is 54.0 Å². The van der Waals surface area contributed by atoms with Gasteiger partial charge in [0.1, 0.15) is 5.82 Å². The van der Waals surface area contributed by atoms with E-state index in [0.717, 1.165) is 16.9 Å².